The highest BCUT2D eigenvalue weighted by Crippen LogP contribution is 2.24. The van der Waals surface area contributed by atoms with Gasteiger partial charge in [0.05, 0.1) is 1.37 Å². The van der Waals surface area contributed by atoms with Crippen LogP contribution in [0.15, 0.2) is 24.3 Å². The van der Waals surface area contributed by atoms with E-state index in [1.54, 1.807) is 0 Å². The lowest BCUT2D eigenvalue weighted by molar-refractivity contribution is 0.705. The van der Waals surface area contributed by atoms with Gasteiger partial charge in [-0.05, 0) is 0 Å². The highest BCUT2D eigenvalue weighted by molar-refractivity contribution is 8.00. The van der Waals surface area contributed by atoms with Crippen LogP contribution in [0.4, 0.5) is 0 Å². The topological polar surface area (TPSA) is 12.0 Å². The van der Waals surface area contributed by atoms with Crippen LogP contribution in [-0.4, -0.2) is 17.2 Å². The van der Waals surface area contributed by atoms with E-state index in [0.29, 0.717) is 11.3 Å². The molecule has 0 bridgehead atoms. The summed E-state index contributed by atoms with van der Waals surface area (Å²) in [6.07, 6.45) is 5.96. The average Bonchev–Trinajstić information content (AvgIpc) is 2.36. The molecular formula is C7H9NS. The van der Waals surface area contributed by atoms with E-state index >= 15 is 0 Å². The summed E-state index contributed by atoms with van der Waals surface area (Å²) < 4.78 is 7.55. The Morgan fingerprint density at radius 3 is 3.56 bits per heavy atom. The molecule has 0 radical (unpaired) electrons. The van der Waals surface area contributed by atoms with Gasteiger partial charge in [0.2, 0.25) is 0 Å². The molecule has 0 spiro atoms. The lowest BCUT2D eigenvalue weighted by Crippen LogP contribution is -2.27. The van der Waals surface area contributed by atoms with Gasteiger partial charge in [0.1, 0.15) is 0 Å². The number of hydrogen-bond acceptors (Lipinski definition) is 2. The van der Waals surface area contributed by atoms with Gasteiger partial charge >= 0.3 is 0 Å². The summed E-state index contributed by atoms with van der Waals surface area (Å²) in [7, 11) is 0. The quantitative estimate of drug-likeness (QED) is 0.541. The number of nitrogens with one attached hydrogen (secondary N) is 1. The monoisotopic (exact) mass is 140 g/mol. The van der Waals surface area contributed by atoms with Crippen molar-refractivity contribution in [2.24, 2.45) is 0 Å². The first-order valence-corrected chi connectivity index (χ1v) is 4.13. The van der Waals surface area contributed by atoms with Gasteiger partial charge in [0.15, 0.2) is 0 Å². The summed E-state index contributed by atoms with van der Waals surface area (Å²) in [4.78, 5) is 0. The number of fused-ring (bicyclic) bond motifs is 1. The van der Waals surface area contributed by atoms with Gasteiger partial charge in [-0.3, -0.25) is 0 Å². The highest BCUT2D eigenvalue weighted by atomic mass is 32.2. The minimum absolute atomic E-state index is 0.380. The van der Waals surface area contributed by atoms with Crippen molar-refractivity contribution in [3.63, 3.8) is 0 Å². The molecule has 9 heavy (non-hydrogen) atoms. The molecule has 1 fully saturated rings. The fourth-order valence-corrected chi connectivity index (χ4v) is 2.13. The molecule has 1 saturated heterocycles. The van der Waals surface area contributed by atoms with E-state index in [2.05, 4.69) is 11.4 Å². The third kappa shape index (κ3) is 0.926. The van der Waals surface area contributed by atoms with Crippen molar-refractivity contribution in [2.75, 3.05) is 5.88 Å². The molecule has 0 saturated carbocycles. The Labute approximate surface area is 60.6 Å². The van der Waals surface area contributed by atoms with Gasteiger partial charge in [-0.2, -0.15) is 0 Å². The maximum absolute atomic E-state index is 7.55. The Kier molecular flexibility index (Phi) is 1.12. The van der Waals surface area contributed by atoms with Crippen LogP contribution in [-0.2, 0) is 0 Å². The molecule has 2 heteroatoms. The van der Waals surface area contributed by atoms with E-state index in [0.717, 1.165) is 11.9 Å². The molecule has 0 amide bonds. The minimum Gasteiger partial charge on any atom is -0.300 e. The highest BCUT2D eigenvalue weighted by Gasteiger charge is 2.23. The predicted molar refractivity (Wildman–Crippen MR) is 41.4 cm³/mol. The van der Waals surface area contributed by atoms with Crippen LogP contribution in [0.2, 0.25) is 0 Å². The van der Waals surface area contributed by atoms with Crippen molar-refractivity contribution < 1.29 is 1.37 Å². The SMILES string of the molecule is [2H]C1=CC=CC2NCSC12. The Balaban J connectivity index is 2.24. The molecular weight excluding hydrogens is 130 g/mol. The van der Waals surface area contributed by atoms with Crippen molar-refractivity contribution in [1.29, 1.82) is 0 Å². The fourth-order valence-electron chi connectivity index (χ4n) is 1.09. The number of allylic oxidation sites excluding steroid dienone is 2. The smallest absolute Gasteiger partial charge is 0.0588 e. The number of thioether (sulfide) groups is 1. The summed E-state index contributed by atoms with van der Waals surface area (Å²) >= 11 is 1.82. The molecule has 0 aromatic carbocycles. The second kappa shape index (κ2) is 2.20. The van der Waals surface area contributed by atoms with Crippen molar-refractivity contribution in [3.05, 3.63) is 24.3 Å². The Morgan fingerprint density at radius 1 is 1.67 bits per heavy atom. The van der Waals surface area contributed by atoms with E-state index in [9.17, 15) is 0 Å². The van der Waals surface area contributed by atoms with Crippen LogP contribution in [0.1, 0.15) is 1.37 Å². The first-order valence-electron chi connectivity index (χ1n) is 3.58. The first-order chi connectivity index (χ1) is 4.88. The van der Waals surface area contributed by atoms with Gasteiger partial charge in [0.25, 0.3) is 0 Å². The van der Waals surface area contributed by atoms with Gasteiger partial charge in [-0.15, -0.1) is 11.8 Å². The molecule has 0 aromatic heterocycles. The van der Waals surface area contributed by atoms with Gasteiger partial charge in [-0.25, -0.2) is 0 Å². The molecule has 1 nitrogen and oxygen atoms in total. The van der Waals surface area contributed by atoms with E-state index in [4.69, 9.17) is 1.37 Å². The molecule has 0 aromatic rings. The molecule has 1 aliphatic heterocycles. The predicted octanol–water partition coefficient (Wildman–Crippen LogP) is 1.14. The molecule has 1 heterocycles. The van der Waals surface area contributed by atoms with Crippen LogP contribution in [0.3, 0.4) is 0 Å². The molecule has 1 N–H and O–H groups in total. The maximum Gasteiger partial charge on any atom is 0.0588 e. The molecule has 1 aliphatic carbocycles. The van der Waals surface area contributed by atoms with Gasteiger partial charge in [0, 0.05) is 17.2 Å². The molecule has 2 atom stereocenters. The summed E-state index contributed by atoms with van der Waals surface area (Å²) in [6.45, 7) is 0. The Bertz CT molecular complexity index is 200. The van der Waals surface area contributed by atoms with Crippen LogP contribution in [0.5, 0.6) is 0 Å². The van der Waals surface area contributed by atoms with Crippen molar-refractivity contribution in [1.82, 2.24) is 5.32 Å². The zero-order chi connectivity index (χ0) is 6.97. The molecule has 2 unspecified atom stereocenters. The summed E-state index contributed by atoms with van der Waals surface area (Å²) in [6, 6.07) is 1.17. The zero-order valence-corrected chi connectivity index (χ0v) is 5.82. The molecule has 2 rings (SSSR count). The second-order valence-electron chi connectivity index (χ2n) is 2.18. The van der Waals surface area contributed by atoms with Gasteiger partial charge < -0.3 is 5.32 Å². The lowest BCUT2D eigenvalue weighted by atomic mass is 10.1. The second-order valence-corrected chi connectivity index (χ2v) is 3.31. The van der Waals surface area contributed by atoms with Crippen LogP contribution in [0.25, 0.3) is 0 Å². The van der Waals surface area contributed by atoms with E-state index in [1.807, 2.05) is 23.9 Å². The third-order valence-corrected chi connectivity index (χ3v) is 2.71. The normalized spacial score (nSPS) is 41.8. The molecule has 2 aliphatic rings. The summed E-state index contributed by atoms with van der Waals surface area (Å²) in [5.74, 6) is 0.982. The number of rotatable bonds is 0. The third-order valence-electron chi connectivity index (χ3n) is 1.58. The van der Waals surface area contributed by atoms with E-state index in [-0.39, 0.29) is 0 Å². The minimum atomic E-state index is 0.380. The summed E-state index contributed by atoms with van der Waals surface area (Å²) in [5, 5.41) is 3.68. The van der Waals surface area contributed by atoms with Gasteiger partial charge in [-0.1, -0.05) is 24.3 Å². The van der Waals surface area contributed by atoms with Crippen LogP contribution >= 0.6 is 11.8 Å². The van der Waals surface area contributed by atoms with Crippen molar-refractivity contribution in [3.8, 4) is 0 Å². The number of hydrogen-bond donors (Lipinski definition) is 1. The van der Waals surface area contributed by atoms with E-state index < -0.39 is 0 Å². The first kappa shape index (κ1) is 4.58. The standard InChI is InChI=1S/C7H9NS/c1-2-4-7-6(3-1)8-5-9-7/h1-4,6-8H,5H2/i4D. The Morgan fingerprint density at radius 2 is 2.67 bits per heavy atom. The largest absolute Gasteiger partial charge is 0.300 e. The van der Waals surface area contributed by atoms with Crippen molar-refractivity contribution in [2.45, 2.75) is 11.3 Å². The summed E-state index contributed by atoms with van der Waals surface area (Å²) in [5.41, 5.74) is 0. The molecule has 48 valence electrons. The fraction of sp³-hybridized carbons (Fsp3) is 0.429. The van der Waals surface area contributed by atoms with Crippen LogP contribution < -0.4 is 5.32 Å². The Hall–Kier alpha value is -0.210. The average molecular weight is 140 g/mol. The van der Waals surface area contributed by atoms with E-state index in [1.165, 1.54) is 0 Å². The van der Waals surface area contributed by atoms with Crippen LogP contribution in [0, 0.1) is 0 Å². The zero-order valence-electron chi connectivity index (χ0n) is 6.00. The van der Waals surface area contributed by atoms with Crippen molar-refractivity contribution >= 4 is 11.8 Å². The maximum atomic E-state index is 7.55. The lowest BCUT2D eigenvalue weighted by Gasteiger charge is -2.12.